The predicted molar refractivity (Wildman–Crippen MR) is 63.2 cm³/mol. The molecule has 0 N–H and O–H groups in total. The molecule has 0 bridgehead atoms. The zero-order valence-electron chi connectivity index (χ0n) is 10.4. The highest BCUT2D eigenvalue weighted by molar-refractivity contribution is 5.65. The molecule has 0 aromatic heterocycles. The molecular formula is C12H21NO4. The second-order valence-corrected chi connectivity index (χ2v) is 4.73. The van der Waals surface area contributed by atoms with Crippen LogP contribution in [0.3, 0.4) is 0 Å². The van der Waals surface area contributed by atoms with Crippen LogP contribution in [0.25, 0.3) is 0 Å². The Balaban J connectivity index is 2.19. The molecule has 1 saturated carbocycles. The molecule has 0 spiro atoms. The first-order valence-corrected chi connectivity index (χ1v) is 6.38. The van der Waals surface area contributed by atoms with Gasteiger partial charge in [0.2, 0.25) is 6.04 Å². The summed E-state index contributed by atoms with van der Waals surface area (Å²) in [4.78, 5) is 21.3. The maximum atomic E-state index is 10.9. The lowest BCUT2D eigenvalue weighted by molar-refractivity contribution is -0.536. The van der Waals surface area contributed by atoms with Crippen LogP contribution in [-0.2, 0) is 9.53 Å². The van der Waals surface area contributed by atoms with Crippen molar-refractivity contribution in [3.05, 3.63) is 10.1 Å². The molecular weight excluding hydrogens is 222 g/mol. The molecule has 5 nitrogen and oxygen atoms in total. The lowest BCUT2D eigenvalue weighted by Gasteiger charge is -2.25. The number of rotatable bonds is 6. The minimum absolute atomic E-state index is 0.115. The number of nitro groups is 1. The van der Waals surface area contributed by atoms with Gasteiger partial charge in [0.25, 0.3) is 0 Å². The van der Waals surface area contributed by atoms with Crippen LogP contribution in [-0.4, -0.2) is 23.5 Å². The third-order valence-electron chi connectivity index (χ3n) is 3.41. The number of esters is 1. The minimum atomic E-state index is -0.350. The lowest BCUT2D eigenvalue weighted by Crippen LogP contribution is -2.32. The third-order valence-corrected chi connectivity index (χ3v) is 3.41. The van der Waals surface area contributed by atoms with Crippen molar-refractivity contribution in [2.24, 2.45) is 5.92 Å². The highest BCUT2D eigenvalue weighted by Gasteiger charge is 2.33. The van der Waals surface area contributed by atoms with Gasteiger partial charge in [0, 0.05) is 24.2 Å². The van der Waals surface area contributed by atoms with Gasteiger partial charge in [-0.2, -0.15) is 0 Å². The van der Waals surface area contributed by atoms with Crippen LogP contribution in [0.1, 0.15) is 51.9 Å². The van der Waals surface area contributed by atoms with E-state index in [1.807, 2.05) is 0 Å². The Morgan fingerprint density at radius 3 is 2.71 bits per heavy atom. The summed E-state index contributed by atoms with van der Waals surface area (Å²) in [6.07, 6.45) is 6.38. The molecule has 0 aromatic carbocycles. The van der Waals surface area contributed by atoms with Gasteiger partial charge in [0.1, 0.15) is 0 Å². The first-order chi connectivity index (χ1) is 8.11. The van der Waals surface area contributed by atoms with E-state index in [1.54, 1.807) is 0 Å². The summed E-state index contributed by atoms with van der Waals surface area (Å²) in [6, 6.07) is -0.350. The number of ether oxygens (including phenoxy) is 1. The molecule has 0 amide bonds. The van der Waals surface area contributed by atoms with Gasteiger partial charge >= 0.3 is 5.97 Å². The van der Waals surface area contributed by atoms with Crippen LogP contribution in [0.5, 0.6) is 0 Å². The summed E-state index contributed by atoms with van der Waals surface area (Å²) in [5.41, 5.74) is 0. The summed E-state index contributed by atoms with van der Waals surface area (Å²) in [7, 11) is 0. The van der Waals surface area contributed by atoms with Crippen molar-refractivity contribution in [3.8, 4) is 0 Å². The number of carbonyl (C=O) groups excluding carboxylic acids is 1. The number of unbranched alkanes of at least 4 members (excludes halogenated alkanes) is 1. The Morgan fingerprint density at radius 1 is 1.35 bits per heavy atom. The second kappa shape index (κ2) is 7.25. The van der Waals surface area contributed by atoms with Gasteiger partial charge in [-0.05, 0) is 32.1 Å². The van der Waals surface area contributed by atoms with Gasteiger partial charge in [0.05, 0.1) is 6.61 Å². The lowest BCUT2D eigenvalue weighted by atomic mass is 9.82. The Labute approximate surface area is 102 Å². The zero-order chi connectivity index (χ0) is 12.7. The average molecular weight is 243 g/mol. The first kappa shape index (κ1) is 13.9. The standard InChI is InChI=1S/C12H21NO4/c1-10(14)17-9-5-4-7-11-6-2-3-8-12(11)13(15)16/h11-12H,2-9H2,1H3/t11-,12-/m1/s1. The normalized spacial score (nSPS) is 24.3. The Kier molecular flexibility index (Phi) is 5.94. The molecule has 1 aliphatic carbocycles. The van der Waals surface area contributed by atoms with Crippen molar-refractivity contribution in [3.63, 3.8) is 0 Å². The van der Waals surface area contributed by atoms with E-state index in [0.717, 1.165) is 44.9 Å². The Hall–Kier alpha value is -1.13. The molecule has 0 saturated heterocycles. The van der Waals surface area contributed by atoms with Crippen molar-refractivity contribution >= 4 is 5.97 Å². The van der Waals surface area contributed by atoms with E-state index in [4.69, 9.17) is 4.74 Å². The third kappa shape index (κ3) is 5.15. The van der Waals surface area contributed by atoms with Crippen LogP contribution in [0.2, 0.25) is 0 Å². The maximum Gasteiger partial charge on any atom is 0.302 e. The maximum absolute atomic E-state index is 10.9. The highest BCUT2D eigenvalue weighted by atomic mass is 16.6. The quantitative estimate of drug-likeness (QED) is 0.311. The molecule has 1 fully saturated rings. The molecule has 0 radical (unpaired) electrons. The zero-order valence-corrected chi connectivity index (χ0v) is 10.4. The van der Waals surface area contributed by atoms with Crippen molar-refractivity contribution < 1.29 is 14.5 Å². The van der Waals surface area contributed by atoms with Crippen LogP contribution < -0.4 is 0 Å². The van der Waals surface area contributed by atoms with Gasteiger partial charge in [0.15, 0.2) is 0 Å². The van der Waals surface area contributed by atoms with E-state index in [1.165, 1.54) is 6.92 Å². The summed E-state index contributed by atoms with van der Waals surface area (Å²) in [5.74, 6) is -0.0399. The van der Waals surface area contributed by atoms with Crippen LogP contribution in [0, 0.1) is 16.0 Å². The van der Waals surface area contributed by atoms with E-state index in [9.17, 15) is 14.9 Å². The van der Waals surface area contributed by atoms with Crippen molar-refractivity contribution in [1.29, 1.82) is 0 Å². The van der Waals surface area contributed by atoms with Gasteiger partial charge < -0.3 is 4.74 Å². The van der Waals surface area contributed by atoms with E-state index in [-0.39, 0.29) is 22.9 Å². The molecule has 1 aliphatic rings. The Morgan fingerprint density at radius 2 is 2.06 bits per heavy atom. The molecule has 1 rings (SSSR count). The molecule has 0 heterocycles. The van der Waals surface area contributed by atoms with E-state index in [0.29, 0.717) is 6.61 Å². The fourth-order valence-electron chi connectivity index (χ4n) is 2.53. The second-order valence-electron chi connectivity index (χ2n) is 4.73. The van der Waals surface area contributed by atoms with Crippen LogP contribution >= 0.6 is 0 Å². The SMILES string of the molecule is CC(=O)OCCCC[C@H]1CCCC[C@H]1[N+](=O)[O-]. The predicted octanol–water partition coefficient (Wildman–Crippen LogP) is 2.56. The van der Waals surface area contributed by atoms with Gasteiger partial charge in [-0.15, -0.1) is 0 Å². The molecule has 98 valence electrons. The summed E-state index contributed by atoms with van der Waals surface area (Å²) in [6.45, 7) is 1.83. The molecule has 0 aromatic rings. The minimum Gasteiger partial charge on any atom is -0.466 e. The smallest absolute Gasteiger partial charge is 0.302 e. The van der Waals surface area contributed by atoms with Gasteiger partial charge in [-0.3, -0.25) is 14.9 Å². The van der Waals surface area contributed by atoms with Crippen LogP contribution in [0.15, 0.2) is 0 Å². The average Bonchev–Trinajstić information content (AvgIpc) is 2.28. The first-order valence-electron chi connectivity index (χ1n) is 6.38. The van der Waals surface area contributed by atoms with Crippen LogP contribution in [0.4, 0.5) is 0 Å². The van der Waals surface area contributed by atoms with E-state index in [2.05, 4.69) is 0 Å². The topological polar surface area (TPSA) is 69.4 Å². The highest BCUT2D eigenvalue weighted by Crippen LogP contribution is 2.30. The number of hydrogen-bond acceptors (Lipinski definition) is 4. The largest absolute Gasteiger partial charge is 0.466 e. The van der Waals surface area contributed by atoms with Crippen molar-refractivity contribution in [2.75, 3.05) is 6.61 Å². The van der Waals surface area contributed by atoms with Gasteiger partial charge in [-0.25, -0.2) is 0 Å². The monoisotopic (exact) mass is 243 g/mol. The van der Waals surface area contributed by atoms with Gasteiger partial charge in [-0.1, -0.05) is 6.42 Å². The Bertz CT molecular complexity index is 267. The fourth-order valence-corrected chi connectivity index (χ4v) is 2.53. The number of carbonyl (C=O) groups is 1. The number of hydrogen-bond donors (Lipinski definition) is 0. The molecule has 0 aliphatic heterocycles. The molecule has 17 heavy (non-hydrogen) atoms. The van der Waals surface area contributed by atoms with E-state index < -0.39 is 0 Å². The molecule has 2 atom stereocenters. The number of nitrogens with zero attached hydrogens (tertiary/aromatic N) is 1. The van der Waals surface area contributed by atoms with Crippen molar-refractivity contribution in [1.82, 2.24) is 0 Å². The summed E-state index contributed by atoms with van der Waals surface area (Å²) >= 11 is 0. The van der Waals surface area contributed by atoms with E-state index >= 15 is 0 Å². The fraction of sp³-hybridized carbons (Fsp3) is 0.917. The van der Waals surface area contributed by atoms with Crippen molar-refractivity contribution in [2.45, 2.75) is 57.9 Å². The summed E-state index contributed by atoms with van der Waals surface area (Å²) in [5, 5.41) is 10.9. The summed E-state index contributed by atoms with van der Waals surface area (Å²) < 4.78 is 4.83. The molecule has 0 unspecified atom stereocenters. The molecule has 5 heteroatoms.